The van der Waals surface area contributed by atoms with Crippen LogP contribution in [0, 0.1) is 5.41 Å². The third-order valence-corrected chi connectivity index (χ3v) is 3.66. The fraction of sp³-hybridized carbons (Fsp3) is 0.714. The Morgan fingerprint density at radius 3 is 2.59 bits per heavy atom. The summed E-state index contributed by atoms with van der Waals surface area (Å²) >= 11 is 0. The van der Waals surface area contributed by atoms with E-state index in [2.05, 4.69) is 38.0 Å². The van der Waals surface area contributed by atoms with Crippen LogP contribution < -0.4 is 5.32 Å². The molecule has 1 unspecified atom stereocenters. The number of rotatable bonds is 4. The van der Waals surface area contributed by atoms with E-state index in [1.54, 1.807) is 0 Å². The van der Waals surface area contributed by atoms with Gasteiger partial charge in [0.25, 0.3) is 0 Å². The first-order chi connectivity index (χ1) is 7.95. The molecule has 2 rings (SSSR count). The van der Waals surface area contributed by atoms with Gasteiger partial charge in [0, 0.05) is 24.2 Å². The number of nitrogens with one attached hydrogen (secondary N) is 1. The minimum atomic E-state index is 0.402. The Kier molecular flexibility index (Phi) is 3.21. The van der Waals surface area contributed by atoms with Crippen molar-refractivity contribution in [3.8, 4) is 0 Å². The summed E-state index contributed by atoms with van der Waals surface area (Å²) in [6.45, 7) is 9.82. The molecule has 0 aliphatic heterocycles. The molecule has 1 N–H and O–H groups in total. The molecule has 0 radical (unpaired) electrons. The summed E-state index contributed by atoms with van der Waals surface area (Å²) in [7, 11) is 1.96. The van der Waals surface area contributed by atoms with Crippen molar-refractivity contribution in [3.63, 3.8) is 0 Å². The van der Waals surface area contributed by atoms with Crippen molar-refractivity contribution < 1.29 is 0 Å². The van der Waals surface area contributed by atoms with E-state index in [1.165, 1.54) is 17.7 Å². The lowest BCUT2D eigenvalue weighted by molar-refractivity contribution is 0.602. The molecule has 0 saturated heterocycles. The highest BCUT2D eigenvalue weighted by atomic mass is 14.9. The highest BCUT2D eigenvalue weighted by Gasteiger charge is 2.48. The molecule has 1 aliphatic carbocycles. The van der Waals surface area contributed by atoms with Gasteiger partial charge in [-0.05, 0) is 24.8 Å². The number of hydrogen-bond donors (Lipinski definition) is 1. The largest absolute Gasteiger partial charge is 0.316 e. The first-order valence-electron chi connectivity index (χ1n) is 6.46. The molecule has 1 aromatic heterocycles. The van der Waals surface area contributed by atoms with Crippen LogP contribution in [-0.4, -0.2) is 17.0 Å². The molecule has 0 spiro atoms. The van der Waals surface area contributed by atoms with Crippen LogP contribution >= 0.6 is 0 Å². The Balaban J connectivity index is 2.29. The van der Waals surface area contributed by atoms with Gasteiger partial charge in [-0.1, -0.05) is 27.7 Å². The smallest absolute Gasteiger partial charge is 0.132 e. The molecule has 94 valence electrons. The second-order valence-corrected chi connectivity index (χ2v) is 6.07. The normalized spacial score (nSPS) is 21.9. The van der Waals surface area contributed by atoms with Crippen molar-refractivity contribution in [1.82, 2.24) is 15.3 Å². The summed E-state index contributed by atoms with van der Waals surface area (Å²) in [4.78, 5) is 9.34. The molecule has 1 heterocycles. The van der Waals surface area contributed by atoms with Gasteiger partial charge in [0.05, 0.1) is 5.69 Å². The lowest BCUT2D eigenvalue weighted by Crippen LogP contribution is -2.12. The van der Waals surface area contributed by atoms with Crippen LogP contribution in [0.4, 0.5) is 0 Å². The van der Waals surface area contributed by atoms with Gasteiger partial charge in [0.1, 0.15) is 5.82 Å². The Bertz CT molecular complexity index is 410. The minimum Gasteiger partial charge on any atom is -0.316 e. The van der Waals surface area contributed by atoms with E-state index in [1.807, 2.05) is 13.2 Å². The molecule has 3 nitrogen and oxygen atoms in total. The molecule has 0 aromatic carbocycles. The Morgan fingerprint density at radius 2 is 2.12 bits per heavy atom. The zero-order valence-corrected chi connectivity index (χ0v) is 11.5. The van der Waals surface area contributed by atoms with Crippen LogP contribution in [0.2, 0.25) is 0 Å². The quantitative estimate of drug-likeness (QED) is 0.869. The molecule has 1 atom stereocenters. The molecule has 1 fully saturated rings. The van der Waals surface area contributed by atoms with E-state index < -0.39 is 0 Å². The van der Waals surface area contributed by atoms with Crippen LogP contribution in [0.25, 0.3) is 0 Å². The van der Waals surface area contributed by atoms with Crippen LogP contribution in [0.15, 0.2) is 6.20 Å². The standard InChI is InChI=1S/C14H23N3/c1-9(2)12-10(7-15-5)8-16-13(17-12)11-6-14(11,3)4/h8-9,11,15H,6-7H2,1-5H3. The van der Waals surface area contributed by atoms with Gasteiger partial charge in [-0.25, -0.2) is 9.97 Å². The molecule has 1 aromatic rings. The summed E-state index contributed by atoms with van der Waals surface area (Å²) in [5, 5.41) is 3.18. The third kappa shape index (κ3) is 2.49. The average Bonchev–Trinajstić information content (AvgIpc) is 2.88. The van der Waals surface area contributed by atoms with Gasteiger partial charge in [0.15, 0.2) is 0 Å². The maximum Gasteiger partial charge on any atom is 0.132 e. The summed E-state index contributed by atoms with van der Waals surface area (Å²) < 4.78 is 0. The van der Waals surface area contributed by atoms with Gasteiger partial charge in [-0.2, -0.15) is 0 Å². The number of nitrogens with zero attached hydrogens (tertiary/aromatic N) is 2. The van der Waals surface area contributed by atoms with Gasteiger partial charge in [0.2, 0.25) is 0 Å². The molecule has 1 saturated carbocycles. The van der Waals surface area contributed by atoms with Crippen molar-refractivity contribution >= 4 is 0 Å². The predicted molar refractivity (Wildman–Crippen MR) is 70.0 cm³/mol. The average molecular weight is 233 g/mol. The van der Waals surface area contributed by atoms with Crippen molar-refractivity contribution in [2.75, 3.05) is 7.05 Å². The zero-order valence-electron chi connectivity index (χ0n) is 11.5. The number of hydrogen-bond acceptors (Lipinski definition) is 3. The van der Waals surface area contributed by atoms with Crippen molar-refractivity contribution in [3.05, 3.63) is 23.3 Å². The van der Waals surface area contributed by atoms with Crippen LogP contribution in [0.3, 0.4) is 0 Å². The lowest BCUT2D eigenvalue weighted by atomic mass is 10.0. The van der Waals surface area contributed by atoms with Gasteiger partial charge >= 0.3 is 0 Å². The first-order valence-corrected chi connectivity index (χ1v) is 6.46. The van der Waals surface area contributed by atoms with Crippen molar-refractivity contribution in [1.29, 1.82) is 0 Å². The Morgan fingerprint density at radius 1 is 1.47 bits per heavy atom. The van der Waals surface area contributed by atoms with Crippen molar-refractivity contribution in [2.24, 2.45) is 5.41 Å². The first kappa shape index (κ1) is 12.5. The maximum atomic E-state index is 4.80. The highest BCUT2D eigenvalue weighted by Crippen LogP contribution is 2.57. The van der Waals surface area contributed by atoms with Gasteiger partial charge < -0.3 is 5.32 Å². The van der Waals surface area contributed by atoms with Crippen LogP contribution in [0.5, 0.6) is 0 Å². The molecule has 17 heavy (non-hydrogen) atoms. The summed E-state index contributed by atoms with van der Waals surface area (Å²) in [5.41, 5.74) is 2.83. The van der Waals surface area contributed by atoms with E-state index in [0.29, 0.717) is 17.3 Å². The highest BCUT2D eigenvalue weighted by molar-refractivity contribution is 5.24. The second kappa shape index (κ2) is 4.37. The monoisotopic (exact) mass is 233 g/mol. The number of aromatic nitrogens is 2. The molecular weight excluding hydrogens is 210 g/mol. The second-order valence-electron chi connectivity index (χ2n) is 6.07. The summed E-state index contributed by atoms with van der Waals surface area (Å²) in [6.07, 6.45) is 3.22. The van der Waals surface area contributed by atoms with E-state index in [-0.39, 0.29) is 0 Å². The fourth-order valence-electron chi connectivity index (χ4n) is 2.34. The predicted octanol–water partition coefficient (Wildman–Crippen LogP) is 2.83. The molecule has 0 bridgehead atoms. The third-order valence-electron chi connectivity index (χ3n) is 3.66. The van der Waals surface area contributed by atoms with Crippen LogP contribution in [-0.2, 0) is 6.54 Å². The van der Waals surface area contributed by atoms with Gasteiger partial charge in [-0.3, -0.25) is 0 Å². The Labute approximate surface area is 104 Å². The van der Waals surface area contributed by atoms with E-state index >= 15 is 0 Å². The lowest BCUT2D eigenvalue weighted by Gasteiger charge is -2.13. The topological polar surface area (TPSA) is 37.8 Å². The van der Waals surface area contributed by atoms with Gasteiger partial charge in [-0.15, -0.1) is 0 Å². The van der Waals surface area contributed by atoms with E-state index in [4.69, 9.17) is 4.98 Å². The Hall–Kier alpha value is -0.960. The molecule has 0 amide bonds. The SMILES string of the molecule is CNCc1cnc(C2CC2(C)C)nc1C(C)C. The minimum absolute atomic E-state index is 0.402. The summed E-state index contributed by atoms with van der Waals surface area (Å²) in [6, 6.07) is 0. The molecule has 3 heteroatoms. The summed E-state index contributed by atoms with van der Waals surface area (Å²) in [5.74, 6) is 2.06. The molecular formula is C14H23N3. The molecule has 1 aliphatic rings. The van der Waals surface area contributed by atoms with Crippen LogP contribution in [0.1, 0.15) is 63.0 Å². The fourth-order valence-corrected chi connectivity index (χ4v) is 2.34. The van der Waals surface area contributed by atoms with Crippen molar-refractivity contribution in [2.45, 2.75) is 52.5 Å². The van der Waals surface area contributed by atoms with E-state index in [0.717, 1.165) is 12.4 Å². The zero-order chi connectivity index (χ0) is 12.6. The van der Waals surface area contributed by atoms with E-state index in [9.17, 15) is 0 Å². The maximum absolute atomic E-state index is 4.80.